The third-order valence-electron chi connectivity index (χ3n) is 2.20. The van der Waals surface area contributed by atoms with E-state index in [9.17, 15) is 4.79 Å². The van der Waals surface area contributed by atoms with E-state index in [2.05, 4.69) is 15.4 Å². The number of aromatic nitrogens is 3. The molecule has 5 nitrogen and oxygen atoms in total. The van der Waals surface area contributed by atoms with Crippen molar-refractivity contribution in [3.8, 4) is 11.3 Å². The maximum absolute atomic E-state index is 11.7. The highest BCUT2D eigenvalue weighted by Crippen LogP contribution is 2.30. The van der Waals surface area contributed by atoms with Crippen molar-refractivity contribution in [1.29, 1.82) is 0 Å². The van der Waals surface area contributed by atoms with Crippen LogP contribution in [0.25, 0.3) is 11.3 Å². The van der Waals surface area contributed by atoms with Crippen LogP contribution in [0.15, 0.2) is 18.2 Å². The van der Waals surface area contributed by atoms with E-state index >= 15 is 0 Å². The van der Waals surface area contributed by atoms with Crippen LogP contribution in [-0.4, -0.2) is 28.0 Å². The molecule has 0 fully saturated rings. The number of nitrogens with zero attached hydrogens (tertiary/aromatic N) is 2. The number of esters is 1. The van der Waals surface area contributed by atoms with Gasteiger partial charge in [-0.2, -0.15) is 10.3 Å². The van der Waals surface area contributed by atoms with Crippen LogP contribution in [0.4, 0.5) is 0 Å². The summed E-state index contributed by atoms with van der Waals surface area (Å²) in [5, 5.41) is 11.0. The first kappa shape index (κ1) is 12.9. The molecular weight excluding hydrogens is 277 g/mol. The number of hydrogen-bond donors (Lipinski definition) is 1. The molecule has 0 aliphatic carbocycles. The van der Waals surface area contributed by atoms with Crippen LogP contribution in [0.3, 0.4) is 0 Å². The first-order valence-corrected chi connectivity index (χ1v) is 5.92. The van der Waals surface area contributed by atoms with Crippen molar-refractivity contribution in [2.24, 2.45) is 0 Å². The quantitative estimate of drug-likeness (QED) is 0.881. The largest absolute Gasteiger partial charge is 0.461 e. The van der Waals surface area contributed by atoms with Gasteiger partial charge < -0.3 is 4.74 Å². The van der Waals surface area contributed by atoms with Gasteiger partial charge in [0, 0.05) is 10.6 Å². The van der Waals surface area contributed by atoms with Crippen molar-refractivity contribution in [1.82, 2.24) is 15.4 Å². The maximum atomic E-state index is 11.7. The predicted octanol–water partition coefficient (Wildman–Crippen LogP) is 2.96. The molecule has 2 rings (SSSR count). The van der Waals surface area contributed by atoms with Crippen molar-refractivity contribution in [3.05, 3.63) is 33.9 Å². The fraction of sp³-hybridized carbons (Fsp3) is 0.182. The average molecular weight is 286 g/mol. The van der Waals surface area contributed by atoms with Gasteiger partial charge in [0.2, 0.25) is 0 Å². The summed E-state index contributed by atoms with van der Waals surface area (Å²) in [4.78, 5) is 11.7. The second-order valence-electron chi connectivity index (χ2n) is 3.37. The predicted molar refractivity (Wildman–Crippen MR) is 67.8 cm³/mol. The Kier molecular flexibility index (Phi) is 3.84. The lowest BCUT2D eigenvalue weighted by Crippen LogP contribution is -2.06. The third kappa shape index (κ3) is 2.47. The van der Waals surface area contributed by atoms with E-state index in [1.807, 2.05) is 0 Å². The third-order valence-corrected chi connectivity index (χ3v) is 2.76. The number of ether oxygens (including phenoxy) is 1. The number of halogens is 2. The van der Waals surface area contributed by atoms with E-state index in [0.29, 0.717) is 21.3 Å². The molecular formula is C11H9Cl2N3O2. The lowest BCUT2D eigenvalue weighted by Gasteiger charge is -2.03. The molecule has 7 heteroatoms. The SMILES string of the molecule is CCOC(=O)c1n[nH]nc1-c1cc(Cl)ccc1Cl. The van der Waals surface area contributed by atoms with E-state index in [1.54, 1.807) is 25.1 Å². The van der Waals surface area contributed by atoms with Crippen LogP contribution >= 0.6 is 23.2 Å². The number of aromatic amines is 1. The molecule has 0 unspecified atom stereocenters. The van der Waals surface area contributed by atoms with E-state index in [4.69, 9.17) is 27.9 Å². The van der Waals surface area contributed by atoms with Crippen molar-refractivity contribution >= 4 is 29.2 Å². The van der Waals surface area contributed by atoms with Crippen LogP contribution in [0.1, 0.15) is 17.4 Å². The van der Waals surface area contributed by atoms with Crippen molar-refractivity contribution in [2.45, 2.75) is 6.92 Å². The molecule has 1 heterocycles. The summed E-state index contributed by atoms with van der Waals surface area (Å²) in [6.45, 7) is 1.97. The van der Waals surface area contributed by atoms with Crippen LogP contribution in [0, 0.1) is 0 Å². The average Bonchev–Trinajstić information content (AvgIpc) is 2.81. The number of carbonyl (C=O) groups is 1. The topological polar surface area (TPSA) is 67.9 Å². The van der Waals surface area contributed by atoms with Gasteiger partial charge in [0.25, 0.3) is 0 Å². The monoisotopic (exact) mass is 285 g/mol. The molecule has 18 heavy (non-hydrogen) atoms. The molecule has 94 valence electrons. The van der Waals surface area contributed by atoms with Gasteiger partial charge in [-0.15, -0.1) is 5.10 Å². The molecule has 0 radical (unpaired) electrons. The second-order valence-corrected chi connectivity index (χ2v) is 4.21. The summed E-state index contributed by atoms with van der Waals surface area (Å²) in [7, 11) is 0. The Bertz CT molecular complexity index is 583. The highest BCUT2D eigenvalue weighted by molar-refractivity contribution is 6.35. The summed E-state index contributed by atoms with van der Waals surface area (Å²) in [6, 6.07) is 4.89. The lowest BCUT2D eigenvalue weighted by atomic mass is 10.1. The highest BCUT2D eigenvalue weighted by Gasteiger charge is 2.20. The number of hydrogen-bond acceptors (Lipinski definition) is 4. The number of H-pyrrole nitrogens is 1. The van der Waals surface area contributed by atoms with Crippen LogP contribution in [0.2, 0.25) is 10.0 Å². The minimum absolute atomic E-state index is 0.0843. The molecule has 0 amide bonds. The van der Waals surface area contributed by atoms with Gasteiger partial charge in [0.05, 0.1) is 11.6 Å². The first-order valence-electron chi connectivity index (χ1n) is 5.16. The molecule has 1 N–H and O–H groups in total. The Hall–Kier alpha value is -1.59. The summed E-state index contributed by atoms with van der Waals surface area (Å²) in [5.74, 6) is -0.558. The first-order chi connectivity index (χ1) is 8.63. The molecule has 1 aromatic carbocycles. The summed E-state index contributed by atoms with van der Waals surface area (Å²) < 4.78 is 4.88. The molecule has 0 saturated carbocycles. The van der Waals surface area contributed by atoms with Gasteiger partial charge in [-0.1, -0.05) is 23.2 Å². The molecule has 2 aromatic rings. The smallest absolute Gasteiger partial charge is 0.361 e. The summed E-state index contributed by atoms with van der Waals surface area (Å²) in [6.07, 6.45) is 0. The van der Waals surface area contributed by atoms with E-state index < -0.39 is 5.97 Å². The molecule has 0 spiro atoms. The van der Waals surface area contributed by atoms with Gasteiger partial charge in [-0.25, -0.2) is 4.79 Å². The Labute approximate surface area is 113 Å². The van der Waals surface area contributed by atoms with Gasteiger partial charge in [-0.3, -0.25) is 0 Å². The van der Waals surface area contributed by atoms with E-state index in [-0.39, 0.29) is 12.3 Å². The van der Waals surface area contributed by atoms with Gasteiger partial charge in [-0.05, 0) is 25.1 Å². The van der Waals surface area contributed by atoms with Crippen molar-refractivity contribution < 1.29 is 9.53 Å². The Balaban J connectivity index is 2.48. The minimum atomic E-state index is -0.558. The summed E-state index contributed by atoms with van der Waals surface area (Å²) in [5.41, 5.74) is 0.933. The number of carbonyl (C=O) groups excluding carboxylic acids is 1. The molecule has 0 aliphatic heterocycles. The Morgan fingerprint density at radius 1 is 1.39 bits per heavy atom. The molecule has 0 saturated heterocycles. The van der Waals surface area contributed by atoms with Gasteiger partial charge in [0.1, 0.15) is 5.69 Å². The fourth-order valence-electron chi connectivity index (χ4n) is 1.44. The zero-order valence-corrected chi connectivity index (χ0v) is 10.9. The highest BCUT2D eigenvalue weighted by atomic mass is 35.5. The van der Waals surface area contributed by atoms with Crippen LogP contribution < -0.4 is 0 Å². The van der Waals surface area contributed by atoms with Crippen molar-refractivity contribution in [2.75, 3.05) is 6.61 Å². The van der Waals surface area contributed by atoms with Crippen LogP contribution in [0.5, 0.6) is 0 Å². The normalized spacial score (nSPS) is 10.4. The maximum Gasteiger partial charge on any atom is 0.361 e. The second kappa shape index (κ2) is 5.37. The minimum Gasteiger partial charge on any atom is -0.461 e. The Morgan fingerprint density at radius 2 is 2.17 bits per heavy atom. The number of rotatable bonds is 3. The van der Waals surface area contributed by atoms with E-state index in [0.717, 1.165) is 0 Å². The lowest BCUT2D eigenvalue weighted by molar-refractivity contribution is 0.0520. The number of nitrogens with one attached hydrogen (secondary N) is 1. The zero-order valence-electron chi connectivity index (χ0n) is 9.41. The fourth-order valence-corrected chi connectivity index (χ4v) is 1.82. The van der Waals surface area contributed by atoms with Gasteiger partial charge >= 0.3 is 5.97 Å². The molecule has 0 bridgehead atoms. The standard InChI is InChI=1S/C11H9Cl2N3O2/c1-2-18-11(17)10-9(14-16-15-10)7-5-6(12)3-4-8(7)13/h3-5H,2H2,1H3,(H,14,15,16). The van der Waals surface area contributed by atoms with Crippen LogP contribution in [-0.2, 0) is 4.74 Å². The molecule has 0 aliphatic rings. The zero-order chi connectivity index (χ0) is 13.1. The number of benzene rings is 1. The Morgan fingerprint density at radius 3 is 2.89 bits per heavy atom. The molecule has 0 atom stereocenters. The van der Waals surface area contributed by atoms with Crippen molar-refractivity contribution in [3.63, 3.8) is 0 Å². The summed E-state index contributed by atoms with van der Waals surface area (Å²) >= 11 is 11.9. The van der Waals surface area contributed by atoms with E-state index in [1.165, 1.54) is 0 Å². The molecule has 1 aromatic heterocycles. The van der Waals surface area contributed by atoms with Gasteiger partial charge in [0.15, 0.2) is 5.69 Å².